The van der Waals surface area contributed by atoms with Crippen LogP contribution in [0.25, 0.3) is 0 Å². The van der Waals surface area contributed by atoms with E-state index in [1.54, 1.807) is 48.5 Å². The van der Waals surface area contributed by atoms with Crippen LogP contribution in [0.1, 0.15) is 54.6 Å². The van der Waals surface area contributed by atoms with E-state index in [-0.39, 0.29) is 12.5 Å². The number of rotatable bonds is 11. The summed E-state index contributed by atoms with van der Waals surface area (Å²) in [4.78, 5) is 24.3. The van der Waals surface area contributed by atoms with Crippen molar-refractivity contribution in [3.05, 3.63) is 89.5 Å². The van der Waals surface area contributed by atoms with Gasteiger partial charge in [0.1, 0.15) is 17.2 Å². The third-order valence-electron chi connectivity index (χ3n) is 4.97. The molecule has 0 bridgehead atoms. The molecule has 182 valence electrons. The maximum atomic E-state index is 12.3. The number of nitrogens with one attached hydrogen (secondary N) is 1. The van der Waals surface area contributed by atoms with Crippen molar-refractivity contribution in [3.8, 4) is 17.2 Å². The molecule has 0 aromatic heterocycles. The van der Waals surface area contributed by atoms with Crippen LogP contribution in [-0.4, -0.2) is 31.3 Å². The van der Waals surface area contributed by atoms with Gasteiger partial charge in [-0.15, -0.1) is 0 Å². The standard InChI is InChI=1S/C28H30N2O5/c1-4-17-33-24-15-9-23(10-16-24)28(32)35-26-11-5-21(6-12-26)18-29-30-27(31)19-34-25-13-7-22(8-14-25)20(2)3/h5-16,18,20H,4,17,19H2,1-3H3,(H,30,31)/b29-18-. The SMILES string of the molecule is CCCOc1ccc(C(=O)Oc2ccc(/C=N\NC(=O)COc3ccc(C(C)C)cc3)cc2)cc1. The molecule has 1 amide bonds. The minimum Gasteiger partial charge on any atom is -0.494 e. The van der Waals surface area contributed by atoms with Gasteiger partial charge < -0.3 is 14.2 Å². The molecule has 0 radical (unpaired) electrons. The number of carbonyl (C=O) groups is 2. The molecule has 0 aliphatic rings. The number of esters is 1. The summed E-state index contributed by atoms with van der Waals surface area (Å²) in [5.41, 5.74) is 4.79. The van der Waals surface area contributed by atoms with Gasteiger partial charge in [0.05, 0.1) is 18.4 Å². The van der Waals surface area contributed by atoms with E-state index in [0.717, 1.165) is 12.0 Å². The molecule has 0 spiro atoms. The van der Waals surface area contributed by atoms with Crippen LogP contribution in [0, 0.1) is 0 Å². The Bertz CT molecular complexity index is 1120. The van der Waals surface area contributed by atoms with Crippen LogP contribution < -0.4 is 19.6 Å². The zero-order valence-corrected chi connectivity index (χ0v) is 20.2. The highest BCUT2D eigenvalue weighted by molar-refractivity contribution is 5.91. The monoisotopic (exact) mass is 474 g/mol. The number of hydrogen-bond acceptors (Lipinski definition) is 6. The van der Waals surface area contributed by atoms with Gasteiger partial charge in [0.25, 0.3) is 5.91 Å². The van der Waals surface area contributed by atoms with E-state index in [4.69, 9.17) is 14.2 Å². The third-order valence-corrected chi connectivity index (χ3v) is 4.97. The van der Waals surface area contributed by atoms with E-state index in [9.17, 15) is 9.59 Å². The highest BCUT2D eigenvalue weighted by Crippen LogP contribution is 2.19. The van der Waals surface area contributed by atoms with Gasteiger partial charge in [-0.2, -0.15) is 5.10 Å². The smallest absolute Gasteiger partial charge is 0.343 e. The molecule has 7 heteroatoms. The highest BCUT2D eigenvalue weighted by Gasteiger charge is 2.09. The number of carbonyl (C=O) groups excluding carboxylic acids is 2. The Labute approximate surface area is 205 Å². The van der Waals surface area contributed by atoms with Gasteiger partial charge in [0.2, 0.25) is 0 Å². The highest BCUT2D eigenvalue weighted by atomic mass is 16.5. The molecule has 0 aliphatic carbocycles. The molecule has 35 heavy (non-hydrogen) atoms. The Morgan fingerprint density at radius 2 is 1.46 bits per heavy atom. The Hall–Kier alpha value is -4.13. The van der Waals surface area contributed by atoms with E-state index >= 15 is 0 Å². The van der Waals surface area contributed by atoms with Gasteiger partial charge in [-0.25, -0.2) is 10.2 Å². The quantitative estimate of drug-likeness (QED) is 0.175. The van der Waals surface area contributed by atoms with Crippen molar-refractivity contribution in [2.75, 3.05) is 13.2 Å². The zero-order chi connectivity index (χ0) is 25.0. The second-order valence-electron chi connectivity index (χ2n) is 8.14. The molecule has 0 saturated heterocycles. The van der Waals surface area contributed by atoms with Crippen molar-refractivity contribution in [1.29, 1.82) is 0 Å². The average Bonchev–Trinajstić information content (AvgIpc) is 2.87. The summed E-state index contributed by atoms with van der Waals surface area (Å²) in [5, 5.41) is 3.93. The van der Waals surface area contributed by atoms with Crippen LogP contribution in [0.2, 0.25) is 0 Å². The first-order valence-electron chi connectivity index (χ1n) is 11.5. The van der Waals surface area contributed by atoms with Crippen molar-refractivity contribution in [2.24, 2.45) is 5.10 Å². The molecule has 0 unspecified atom stereocenters. The number of ether oxygens (including phenoxy) is 3. The summed E-state index contributed by atoms with van der Waals surface area (Å²) in [6.07, 6.45) is 2.41. The fourth-order valence-electron chi connectivity index (χ4n) is 3.00. The van der Waals surface area contributed by atoms with Gasteiger partial charge >= 0.3 is 5.97 Å². The summed E-state index contributed by atoms with van der Waals surface area (Å²) in [6, 6.07) is 21.2. The molecule has 0 saturated carbocycles. The number of hydrogen-bond donors (Lipinski definition) is 1. The predicted octanol–water partition coefficient (Wildman–Crippen LogP) is 5.35. The predicted molar refractivity (Wildman–Crippen MR) is 135 cm³/mol. The molecule has 1 N–H and O–H groups in total. The van der Waals surface area contributed by atoms with Gasteiger partial charge in [-0.3, -0.25) is 4.79 Å². The third kappa shape index (κ3) is 8.30. The van der Waals surface area contributed by atoms with Crippen LogP contribution in [0.5, 0.6) is 17.2 Å². The van der Waals surface area contributed by atoms with Crippen molar-refractivity contribution >= 4 is 18.1 Å². The number of hydrazone groups is 1. The second-order valence-corrected chi connectivity index (χ2v) is 8.14. The van der Waals surface area contributed by atoms with Crippen molar-refractivity contribution < 1.29 is 23.8 Å². The summed E-state index contributed by atoms with van der Waals surface area (Å²) in [7, 11) is 0. The lowest BCUT2D eigenvalue weighted by molar-refractivity contribution is -0.123. The lowest BCUT2D eigenvalue weighted by Crippen LogP contribution is -2.24. The average molecular weight is 475 g/mol. The first-order valence-corrected chi connectivity index (χ1v) is 11.5. The van der Waals surface area contributed by atoms with Crippen LogP contribution >= 0.6 is 0 Å². The van der Waals surface area contributed by atoms with E-state index in [1.165, 1.54) is 11.8 Å². The summed E-state index contributed by atoms with van der Waals surface area (Å²) >= 11 is 0. The van der Waals surface area contributed by atoms with Crippen molar-refractivity contribution in [2.45, 2.75) is 33.1 Å². The zero-order valence-electron chi connectivity index (χ0n) is 20.2. The fraction of sp³-hybridized carbons (Fsp3) is 0.250. The first-order chi connectivity index (χ1) is 16.9. The molecule has 0 fully saturated rings. The normalized spacial score (nSPS) is 10.9. The Morgan fingerprint density at radius 1 is 0.857 bits per heavy atom. The number of nitrogens with zero attached hydrogens (tertiary/aromatic N) is 1. The van der Waals surface area contributed by atoms with E-state index in [0.29, 0.717) is 35.3 Å². The molecule has 3 rings (SSSR count). The molecule has 0 heterocycles. The minimum atomic E-state index is -0.459. The lowest BCUT2D eigenvalue weighted by atomic mass is 10.0. The topological polar surface area (TPSA) is 86.2 Å². The Morgan fingerprint density at radius 3 is 2.09 bits per heavy atom. The molecule has 7 nitrogen and oxygen atoms in total. The molecular formula is C28H30N2O5. The number of benzene rings is 3. The van der Waals surface area contributed by atoms with Crippen LogP contribution in [-0.2, 0) is 4.79 Å². The summed E-state index contributed by atoms with van der Waals surface area (Å²) < 4.78 is 16.4. The minimum absolute atomic E-state index is 0.140. The maximum absolute atomic E-state index is 12.3. The molecule has 0 aliphatic heterocycles. The van der Waals surface area contributed by atoms with Gasteiger partial charge in [0.15, 0.2) is 6.61 Å². The second kappa shape index (κ2) is 12.9. The van der Waals surface area contributed by atoms with E-state index in [2.05, 4.69) is 24.4 Å². The lowest BCUT2D eigenvalue weighted by Gasteiger charge is -2.08. The maximum Gasteiger partial charge on any atom is 0.343 e. The van der Waals surface area contributed by atoms with Crippen LogP contribution in [0.15, 0.2) is 77.9 Å². The van der Waals surface area contributed by atoms with Gasteiger partial charge in [-0.1, -0.05) is 32.9 Å². The molecule has 0 atom stereocenters. The fourth-order valence-corrected chi connectivity index (χ4v) is 3.00. The number of amides is 1. The van der Waals surface area contributed by atoms with Crippen LogP contribution in [0.3, 0.4) is 0 Å². The summed E-state index contributed by atoms with van der Waals surface area (Å²) in [6.45, 7) is 6.75. The Balaban J connectivity index is 1.43. The molecular weight excluding hydrogens is 444 g/mol. The van der Waals surface area contributed by atoms with Gasteiger partial charge in [0, 0.05) is 0 Å². The van der Waals surface area contributed by atoms with Crippen molar-refractivity contribution in [3.63, 3.8) is 0 Å². The van der Waals surface area contributed by atoms with E-state index in [1.807, 2.05) is 31.2 Å². The van der Waals surface area contributed by atoms with E-state index < -0.39 is 5.97 Å². The first kappa shape index (κ1) is 25.5. The Kier molecular flexibility index (Phi) is 9.42. The largest absolute Gasteiger partial charge is 0.494 e. The molecule has 3 aromatic carbocycles. The summed E-state index contributed by atoms with van der Waals surface area (Å²) in [5.74, 6) is 1.35. The van der Waals surface area contributed by atoms with Crippen molar-refractivity contribution in [1.82, 2.24) is 5.43 Å². The van der Waals surface area contributed by atoms with Crippen LogP contribution in [0.4, 0.5) is 0 Å². The van der Waals surface area contributed by atoms with Gasteiger partial charge in [-0.05, 0) is 84.1 Å². The molecule has 3 aromatic rings.